The Kier molecular flexibility index (Phi) is 4.31. The van der Waals surface area contributed by atoms with Gasteiger partial charge < -0.3 is 5.21 Å². The highest BCUT2D eigenvalue weighted by molar-refractivity contribution is 5.87. The molecule has 1 fully saturated rings. The second kappa shape index (κ2) is 5.96. The number of hydrogen-bond donors (Lipinski definition) is 1. The highest BCUT2D eigenvalue weighted by Gasteiger charge is 2.24. The van der Waals surface area contributed by atoms with Gasteiger partial charge in [-0.05, 0) is 24.1 Å². The molecule has 1 aromatic rings. The lowest BCUT2D eigenvalue weighted by Gasteiger charge is -2.32. The topological polar surface area (TPSA) is 35.8 Å². The van der Waals surface area contributed by atoms with Gasteiger partial charge in [0.15, 0.2) is 0 Å². The number of likely N-dealkylation sites (tertiary alicyclic amines) is 1. The zero-order chi connectivity index (χ0) is 13.0. The van der Waals surface area contributed by atoms with Gasteiger partial charge in [0.05, 0.1) is 5.71 Å². The molecule has 1 atom stereocenters. The summed E-state index contributed by atoms with van der Waals surface area (Å²) in [6.45, 7) is 4.60. The Bertz CT molecular complexity index is 434. The summed E-state index contributed by atoms with van der Waals surface area (Å²) in [7, 11) is 0. The van der Waals surface area contributed by atoms with Gasteiger partial charge in [0.2, 0.25) is 0 Å². The standard InChI is InChI=1S/C14H19FN2O/c1-2-12-10-17(7-6-14(12)16-18)9-11-4-3-5-13(15)8-11/h3-5,8,12,18H,2,6-7,9-10H2,1H3/b16-14+. The van der Waals surface area contributed by atoms with Crippen LogP contribution in [0.4, 0.5) is 4.39 Å². The third-order valence-electron chi connectivity index (χ3n) is 3.55. The molecule has 1 aliphatic heterocycles. The molecule has 1 heterocycles. The zero-order valence-electron chi connectivity index (χ0n) is 10.6. The average molecular weight is 250 g/mol. The van der Waals surface area contributed by atoms with E-state index in [9.17, 15) is 4.39 Å². The molecule has 1 saturated heterocycles. The Morgan fingerprint density at radius 3 is 3.00 bits per heavy atom. The molecular formula is C14H19FN2O. The molecule has 0 saturated carbocycles. The van der Waals surface area contributed by atoms with Gasteiger partial charge in [0.25, 0.3) is 0 Å². The van der Waals surface area contributed by atoms with E-state index in [4.69, 9.17) is 5.21 Å². The summed E-state index contributed by atoms with van der Waals surface area (Å²) in [4.78, 5) is 2.29. The minimum absolute atomic E-state index is 0.186. The van der Waals surface area contributed by atoms with E-state index < -0.39 is 0 Å². The summed E-state index contributed by atoms with van der Waals surface area (Å²) in [5, 5.41) is 12.3. The summed E-state index contributed by atoms with van der Waals surface area (Å²) >= 11 is 0. The van der Waals surface area contributed by atoms with Crippen LogP contribution in [0.15, 0.2) is 29.4 Å². The van der Waals surface area contributed by atoms with E-state index in [0.29, 0.717) is 5.92 Å². The molecule has 0 aromatic heterocycles. The summed E-state index contributed by atoms with van der Waals surface area (Å²) < 4.78 is 13.1. The minimum Gasteiger partial charge on any atom is -0.411 e. The molecule has 0 radical (unpaired) electrons. The monoisotopic (exact) mass is 250 g/mol. The molecule has 1 N–H and O–H groups in total. The predicted octanol–water partition coefficient (Wildman–Crippen LogP) is 2.89. The molecule has 0 bridgehead atoms. The molecule has 1 unspecified atom stereocenters. The van der Waals surface area contributed by atoms with Crippen molar-refractivity contribution >= 4 is 5.71 Å². The Balaban J connectivity index is 1.99. The SMILES string of the molecule is CCC1CN(Cc2cccc(F)c2)CC/C1=N\O. The summed E-state index contributed by atoms with van der Waals surface area (Å²) in [6.07, 6.45) is 1.77. The van der Waals surface area contributed by atoms with Crippen molar-refractivity contribution < 1.29 is 9.60 Å². The number of hydrogen-bond acceptors (Lipinski definition) is 3. The lowest BCUT2D eigenvalue weighted by molar-refractivity contribution is 0.220. The predicted molar refractivity (Wildman–Crippen MR) is 69.3 cm³/mol. The zero-order valence-corrected chi connectivity index (χ0v) is 10.6. The molecule has 3 nitrogen and oxygen atoms in total. The van der Waals surface area contributed by atoms with Gasteiger partial charge in [-0.15, -0.1) is 0 Å². The Labute approximate surface area is 107 Å². The van der Waals surface area contributed by atoms with Gasteiger partial charge in [0.1, 0.15) is 5.82 Å². The van der Waals surface area contributed by atoms with E-state index in [1.165, 1.54) is 6.07 Å². The van der Waals surface area contributed by atoms with Crippen LogP contribution < -0.4 is 0 Å². The number of benzene rings is 1. The molecule has 18 heavy (non-hydrogen) atoms. The van der Waals surface area contributed by atoms with E-state index in [1.54, 1.807) is 12.1 Å². The van der Waals surface area contributed by atoms with Crippen molar-refractivity contribution in [3.05, 3.63) is 35.6 Å². The van der Waals surface area contributed by atoms with Gasteiger partial charge >= 0.3 is 0 Å². The second-order valence-corrected chi connectivity index (χ2v) is 4.81. The van der Waals surface area contributed by atoms with Gasteiger partial charge in [-0.2, -0.15) is 0 Å². The van der Waals surface area contributed by atoms with E-state index in [2.05, 4.69) is 17.0 Å². The van der Waals surface area contributed by atoms with Crippen molar-refractivity contribution in [3.8, 4) is 0 Å². The molecule has 98 valence electrons. The summed E-state index contributed by atoms with van der Waals surface area (Å²) in [5.41, 5.74) is 1.89. The van der Waals surface area contributed by atoms with Gasteiger partial charge in [-0.1, -0.05) is 24.2 Å². The molecule has 4 heteroatoms. The van der Waals surface area contributed by atoms with Crippen molar-refractivity contribution in [2.24, 2.45) is 11.1 Å². The van der Waals surface area contributed by atoms with Crippen LogP contribution in [0.2, 0.25) is 0 Å². The van der Waals surface area contributed by atoms with Crippen LogP contribution >= 0.6 is 0 Å². The van der Waals surface area contributed by atoms with Crippen LogP contribution in [0, 0.1) is 11.7 Å². The Morgan fingerprint density at radius 2 is 2.33 bits per heavy atom. The first-order valence-electron chi connectivity index (χ1n) is 6.40. The van der Waals surface area contributed by atoms with Crippen molar-refractivity contribution in [1.29, 1.82) is 0 Å². The first-order valence-corrected chi connectivity index (χ1v) is 6.40. The molecule has 0 aliphatic carbocycles. The van der Waals surface area contributed by atoms with Crippen molar-refractivity contribution in [2.75, 3.05) is 13.1 Å². The fourth-order valence-electron chi connectivity index (χ4n) is 2.52. The van der Waals surface area contributed by atoms with Gasteiger partial charge in [-0.25, -0.2) is 4.39 Å². The highest BCUT2D eigenvalue weighted by atomic mass is 19.1. The van der Waals surface area contributed by atoms with Crippen LogP contribution in [-0.2, 0) is 6.54 Å². The lowest BCUT2D eigenvalue weighted by Crippen LogP contribution is -2.40. The number of halogens is 1. The molecule has 2 rings (SSSR count). The number of nitrogens with zero attached hydrogens (tertiary/aromatic N) is 2. The third kappa shape index (κ3) is 3.07. The molecular weight excluding hydrogens is 231 g/mol. The molecule has 0 spiro atoms. The second-order valence-electron chi connectivity index (χ2n) is 4.81. The number of rotatable bonds is 3. The average Bonchev–Trinajstić information content (AvgIpc) is 2.38. The fourth-order valence-corrected chi connectivity index (χ4v) is 2.52. The minimum atomic E-state index is -0.186. The number of oxime groups is 1. The molecule has 0 amide bonds. The highest BCUT2D eigenvalue weighted by Crippen LogP contribution is 2.19. The largest absolute Gasteiger partial charge is 0.411 e. The van der Waals surface area contributed by atoms with Crippen molar-refractivity contribution in [3.63, 3.8) is 0 Å². The maximum Gasteiger partial charge on any atom is 0.123 e. The van der Waals surface area contributed by atoms with E-state index >= 15 is 0 Å². The Hall–Kier alpha value is -1.42. The Morgan fingerprint density at radius 1 is 1.50 bits per heavy atom. The van der Waals surface area contributed by atoms with Crippen LogP contribution in [-0.4, -0.2) is 28.9 Å². The van der Waals surface area contributed by atoms with Crippen molar-refractivity contribution in [2.45, 2.75) is 26.3 Å². The fraction of sp³-hybridized carbons (Fsp3) is 0.500. The first-order chi connectivity index (χ1) is 8.72. The van der Waals surface area contributed by atoms with Crippen LogP contribution in [0.25, 0.3) is 0 Å². The molecule has 1 aliphatic rings. The smallest absolute Gasteiger partial charge is 0.123 e. The molecule has 1 aromatic carbocycles. The van der Waals surface area contributed by atoms with E-state index in [0.717, 1.165) is 43.8 Å². The maximum absolute atomic E-state index is 13.1. The van der Waals surface area contributed by atoms with Gasteiger partial charge in [-0.3, -0.25) is 4.90 Å². The van der Waals surface area contributed by atoms with Gasteiger partial charge in [0, 0.05) is 32.0 Å². The van der Waals surface area contributed by atoms with Crippen LogP contribution in [0.1, 0.15) is 25.3 Å². The summed E-state index contributed by atoms with van der Waals surface area (Å²) in [6, 6.07) is 6.73. The maximum atomic E-state index is 13.1. The number of piperidine rings is 1. The van der Waals surface area contributed by atoms with Crippen molar-refractivity contribution in [1.82, 2.24) is 4.90 Å². The van der Waals surface area contributed by atoms with E-state index in [1.807, 2.05) is 6.07 Å². The normalized spacial score (nSPS) is 23.4. The lowest BCUT2D eigenvalue weighted by atomic mass is 9.93. The van der Waals surface area contributed by atoms with Crippen LogP contribution in [0.5, 0.6) is 0 Å². The summed E-state index contributed by atoms with van der Waals surface area (Å²) in [5.74, 6) is 0.131. The van der Waals surface area contributed by atoms with E-state index in [-0.39, 0.29) is 5.82 Å². The van der Waals surface area contributed by atoms with Crippen LogP contribution in [0.3, 0.4) is 0 Å². The third-order valence-corrected chi connectivity index (χ3v) is 3.55. The quantitative estimate of drug-likeness (QED) is 0.661. The first kappa shape index (κ1) is 13.0.